The van der Waals surface area contributed by atoms with Gasteiger partial charge in [0.2, 0.25) is 0 Å². The summed E-state index contributed by atoms with van der Waals surface area (Å²) in [5.74, 6) is -3.27. The van der Waals surface area contributed by atoms with Crippen LogP contribution in [0.4, 0.5) is 39.1 Å². The number of nitrogens with one attached hydrogen (secondary N) is 3. The van der Waals surface area contributed by atoms with Gasteiger partial charge in [0.1, 0.15) is 34.9 Å². The number of carbonyl (C=O) groups excluding carboxylic acids is 1. The van der Waals surface area contributed by atoms with Gasteiger partial charge in [-0.1, -0.05) is 0 Å². The molecule has 0 spiro atoms. The normalized spacial score (nSPS) is 11.6. The first-order chi connectivity index (χ1) is 20.6. The molecule has 0 saturated carbocycles. The fourth-order valence-electron chi connectivity index (χ4n) is 4.33. The molecule has 6 rings (SSSR count). The summed E-state index contributed by atoms with van der Waals surface area (Å²) in [6, 6.07) is 7.71. The maximum absolute atomic E-state index is 15.7. The number of hydrogen-bond acceptors (Lipinski definition) is 7. The highest BCUT2D eigenvalue weighted by Gasteiger charge is 2.32. The first-order valence-electron chi connectivity index (χ1n) is 12.5. The van der Waals surface area contributed by atoms with E-state index < -0.39 is 46.2 Å². The van der Waals surface area contributed by atoms with Crippen molar-refractivity contribution in [3.63, 3.8) is 0 Å². The van der Waals surface area contributed by atoms with Crippen LogP contribution in [0.2, 0.25) is 0 Å². The van der Waals surface area contributed by atoms with Crippen molar-refractivity contribution in [3.05, 3.63) is 102 Å². The lowest BCUT2D eigenvalue weighted by Gasteiger charge is -2.15. The molecule has 0 radical (unpaired) electrons. The van der Waals surface area contributed by atoms with Crippen LogP contribution in [-0.4, -0.2) is 40.6 Å². The van der Waals surface area contributed by atoms with Gasteiger partial charge in [0, 0.05) is 23.5 Å². The number of halogens is 5. The number of amides is 1. The first kappa shape index (κ1) is 27.4. The Labute approximate surface area is 238 Å². The van der Waals surface area contributed by atoms with E-state index in [9.17, 15) is 22.4 Å². The number of H-pyrrole nitrogens is 1. The molecule has 0 atom stereocenters. The Hall–Kier alpha value is -5.73. The monoisotopic (exact) mass is 591 g/mol. The maximum atomic E-state index is 15.7. The van der Waals surface area contributed by atoms with Crippen molar-refractivity contribution >= 4 is 34.3 Å². The molecule has 0 aliphatic heterocycles. The van der Waals surface area contributed by atoms with Crippen LogP contribution in [0.5, 0.6) is 0 Å². The van der Waals surface area contributed by atoms with E-state index in [4.69, 9.17) is 0 Å². The zero-order valence-electron chi connectivity index (χ0n) is 21.9. The molecule has 0 aliphatic rings. The second kappa shape index (κ2) is 10.6. The number of hydrogen-bond donors (Lipinski definition) is 3. The quantitative estimate of drug-likeness (QED) is 0.197. The number of imidazole rings is 1. The van der Waals surface area contributed by atoms with E-state index in [1.165, 1.54) is 42.0 Å². The Morgan fingerprint density at radius 1 is 1.02 bits per heavy atom. The zero-order chi connectivity index (χ0) is 30.3. The van der Waals surface area contributed by atoms with Gasteiger partial charge in [0.05, 0.1) is 29.5 Å². The Kier molecular flexibility index (Phi) is 6.76. The SMILES string of the molecule is Cc1cnn(-c2cc(C(=O)Nc3ccc(F)c(Nc4ncccc4-c4ncnc5nc[nH]c45)c3F)cc(C(F)(F)F)c2)c1. The van der Waals surface area contributed by atoms with Crippen LogP contribution >= 0.6 is 0 Å². The summed E-state index contributed by atoms with van der Waals surface area (Å²) >= 11 is 0. The third-order valence-electron chi connectivity index (χ3n) is 6.35. The highest BCUT2D eigenvalue weighted by atomic mass is 19.4. The van der Waals surface area contributed by atoms with Gasteiger partial charge in [0.15, 0.2) is 11.5 Å². The molecule has 4 heterocycles. The molecule has 0 bridgehead atoms. The van der Waals surface area contributed by atoms with Crippen molar-refractivity contribution in [2.24, 2.45) is 0 Å². The lowest BCUT2D eigenvalue weighted by Crippen LogP contribution is -2.16. The van der Waals surface area contributed by atoms with E-state index in [-0.39, 0.29) is 11.5 Å². The van der Waals surface area contributed by atoms with Gasteiger partial charge >= 0.3 is 6.18 Å². The summed E-state index contributed by atoms with van der Waals surface area (Å²) in [7, 11) is 0. The van der Waals surface area contributed by atoms with Crippen molar-refractivity contribution in [3.8, 4) is 16.9 Å². The minimum Gasteiger partial charge on any atom is -0.341 e. The second-order valence-electron chi connectivity index (χ2n) is 9.31. The topological polar surface area (TPSA) is 126 Å². The minimum atomic E-state index is -4.78. The maximum Gasteiger partial charge on any atom is 0.416 e. The van der Waals surface area contributed by atoms with Gasteiger partial charge in [-0.15, -0.1) is 0 Å². The van der Waals surface area contributed by atoms with Crippen LogP contribution in [-0.2, 0) is 6.18 Å². The van der Waals surface area contributed by atoms with Crippen LogP contribution in [0.1, 0.15) is 21.5 Å². The molecule has 0 fully saturated rings. The Balaban J connectivity index is 1.34. The lowest BCUT2D eigenvalue weighted by atomic mass is 10.1. The first-order valence-corrected chi connectivity index (χ1v) is 12.5. The third-order valence-corrected chi connectivity index (χ3v) is 6.35. The zero-order valence-corrected chi connectivity index (χ0v) is 21.9. The summed E-state index contributed by atoms with van der Waals surface area (Å²) in [6.45, 7) is 1.70. The molecule has 216 valence electrons. The van der Waals surface area contributed by atoms with Crippen molar-refractivity contribution in [1.82, 2.24) is 34.7 Å². The molecular weight excluding hydrogens is 573 g/mol. The molecule has 10 nitrogen and oxygen atoms in total. The van der Waals surface area contributed by atoms with Crippen LogP contribution in [0.3, 0.4) is 0 Å². The summed E-state index contributed by atoms with van der Waals surface area (Å²) in [4.78, 5) is 32.6. The van der Waals surface area contributed by atoms with E-state index in [0.717, 1.165) is 18.2 Å². The minimum absolute atomic E-state index is 0.0235. The van der Waals surface area contributed by atoms with Crippen molar-refractivity contribution < 1.29 is 26.7 Å². The van der Waals surface area contributed by atoms with E-state index in [1.54, 1.807) is 19.1 Å². The predicted octanol–water partition coefficient (Wildman–Crippen LogP) is 6.20. The molecule has 3 N–H and O–H groups in total. The summed E-state index contributed by atoms with van der Waals surface area (Å²) in [5, 5.41) is 8.85. The molecule has 6 aromatic rings. The Morgan fingerprint density at radius 3 is 2.63 bits per heavy atom. The second-order valence-corrected chi connectivity index (χ2v) is 9.31. The summed E-state index contributed by atoms with van der Waals surface area (Å²) in [6.07, 6.45) is 2.24. The van der Waals surface area contributed by atoms with Crippen molar-refractivity contribution in [2.45, 2.75) is 13.1 Å². The smallest absolute Gasteiger partial charge is 0.341 e. The van der Waals surface area contributed by atoms with Crippen LogP contribution in [0, 0.1) is 18.6 Å². The van der Waals surface area contributed by atoms with Gasteiger partial charge in [-0.25, -0.2) is 33.4 Å². The van der Waals surface area contributed by atoms with Crippen LogP contribution in [0.15, 0.2) is 73.7 Å². The Bertz CT molecular complexity index is 2000. The molecule has 4 aromatic heterocycles. The number of benzene rings is 2. The van der Waals surface area contributed by atoms with Crippen LogP contribution in [0.25, 0.3) is 28.1 Å². The molecule has 1 amide bonds. The van der Waals surface area contributed by atoms with Gasteiger partial charge < -0.3 is 15.6 Å². The average molecular weight is 592 g/mol. The van der Waals surface area contributed by atoms with E-state index in [0.29, 0.717) is 34.1 Å². The fourth-order valence-corrected chi connectivity index (χ4v) is 4.33. The molecule has 43 heavy (non-hydrogen) atoms. The average Bonchev–Trinajstić information content (AvgIpc) is 3.65. The number of nitrogens with zero attached hydrogens (tertiary/aromatic N) is 6. The van der Waals surface area contributed by atoms with E-state index in [2.05, 4.69) is 40.7 Å². The van der Waals surface area contributed by atoms with Crippen molar-refractivity contribution in [2.75, 3.05) is 10.6 Å². The van der Waals surface area contributed by atoms with Gasteiger partial charge in [-0.2, -0.15) is 18.3 Å². The molecular formula is C28H18F5N9O. The number of aromatic nitrogens is 7. The van der Waals surface area contributed by atoms with Gasteiger partial charge in [-0.3, -0.25) is 4.79 Å². The number of anilines is 3. The Morgan fingerprint density at radius 2 is 1.86 bits per heavy atom. The molecule has 0 saturated heterocycles. The molecule has 0 unspecified atom stereocenters. The molecule has 0 aliphatic carbocycles. The number of pyridine rings is 1. The fraction of sp³-hybridized carbons (Fsp3) is 0.0714. The summed E-state index contributed by atoms with van der Waals surface area (Å²) in [5.41, 5.74) is -0.486. The largest absolute Gasteiger partial charge is 0.416 e. The molecule has 2 aromatic carbocycles. The van der Waals surface area contributed by atoms with Crippen molar-refractivity contribution in [1.29, 1.82) is 0 Å². The highest BCUT2D eigenvalue weighted by molar-refractivity contribution is 6.05. The standard InChI is InChI=1S/C28H18F5N9O/c1-14-10-39-42(11-14)17-8-15(7-16(9-17)28(31,32)33)27(43)40-20-5-4-19(29)23(21(20)30)41-25-18(3-2-6-34-25)22-24-26(37-12-35-22)38-13-36-24/h2-13H,1H3,(H,34,41)(H,40,43)(H,35,36,37,38). The lowest BCUT2D eigenvalue weighted by molar-refractivity contribution is -0.137. The third kappa shape index (κ3) is 5.35. The molecule has 15 heteroatoms. The number of carbonyl (C=O) groups is 1. The highest BCUT2D eigenvalue weighted by Crippen LogP contribution is 2.35. The number of rotatable bonds is 6. The number of aryl methyl sites for hydroxylation is 1. The number of aromatic amines is 1. The van der Waals surface area contributed by atoms with Gasteiger partial charge in [0.25, 0.3) is 5.91 Å². The number of alkyl halides is 3. The predicted molar refractivity (Wildman–Crippen MR) is 146 cm³/mol. The van der Waals surface area contributed by atoms with E-state index >= 15 is 4.39 Å². The summed E-state index contributed by atoms with van der Waals surface area (Å²) < 4.78 is 72.8. The van der Waals surface area contributed by atoms with Gasteiger partial charge in [-0.05, 0) is 55.0 Å². The van der Waals surface area contributed by atoms with Crippen LogP contribution < -0.4 is 10.6 Å². The van der Waals surface area contributed by atoms with E-state index in [1.807, 2.05) is 0 Å². The number of fused-ring (bicyclic) bond motifs is 1.